The molecule has 0 unspecified atom stereocenters. The molecule has 22 heavy (non-hydrogen) atoms. The van der Waals surface area contributed by atoms with Crippen LogP contribution < -0.4 is 0 Å². The molecule has 0 aromatic heterocycles. The predicted molar refractivity (Wildman–Crippen MR) is 69.1 cm³/mol. The molecule has 132 valence electrons. The number of methoxy groups -OCH3 is 1. The fourth-order valence-corrected chi connectivity index (χ4v) is 3.99. The number of hydrogen-bond acceptors (Lipinski definition) is 5. The zero-order valence-electron chi connectivity index (χ0n) is 12.5. The third-order valence-corrected chi connectivity index (χ3v) is 5.18. The van der Waals surface area contributed by atoms with Crippen molar-refractivity contribution in [3.05, 3.63) is 11.1 Å². The Morgan fingerprint density at radius 3 is 1.59 bits per heavy atom. The number of rotatable bonds is 8. The van der Waals surface area contributed by atoms with Crippen molar-refractivity contribution < 1.29 is 44.9 Å². The van der Waals surface area contributed by atoms with Crippen LogP contribution in [0, 0.1) is 0 Å². The third kappa shape index (κ3) is 4.34. The third-order valence-electron chi connectivity index (χ3n) is 2.24. The molecule has 11 heteroatoms. The summed E-state index contributed by atoms with van der Waals surface area (Å²) in [5, 5.41) is 0. The number of ether oxygens (including phenoxy) is 1. The number of carbonyl (C=O) groups excluding carboxylic acids is 1. The van der Waals surface area contributed by atoms with Gasteiger partial charge in [0, 0.05) is 0 Å². The van der Waals surface area contributed by atoms with Gasteiger partial charge in [0.05, 0.1) is 0 Å². The first-order valence-electron chi connectivity index (χ1n) is 6.25. The molecule has 0 aliphatic rings. The molecule has 0 atom stereocenters. The molecule has 0 rings (SSSR count). The maximum absolute atomic E-state index is 15.2. The molecule has 0 saturated heterocycles. The van der Waals surface area contributed by atoms with E-state index in [2.05, 4.69) is 18.3 Å². The summed E-state index contributed by atoms with van der Waals surface area (Å²) in [5.74, 6) is -2.12. The Hall–Kier alpha value is -0.830. The first-order valence-corrected chi connectivity index (χ1v) is 8.13. The molecule has 0 N–H and O–H groups in total. The van der Waals surface area contributed by atoms with Crippen LogP contribution in [0.3, 0.4) is 0 Å². The molecule has 5 nitrogen and oxygen atoms in total. The summed E-state index contributed by atoms with van der Waals surface area (Å²) < 4.78 is 85.8. The summed E-state index contributed by atoms with van der Waals surface area (Å²) in [6.45, 7) is 1.98. The van der Waals surface area contributed by atoms with Crippen molar-refractivity contribution in [2.75, 3.05) is 26.9 Å². The van der Waals surface area contributed by atoms with Crippen LogP contribution in [-0.4, -0.2) is 39.1 Å². The quantitative estimate of drug-likeness (QED) is 0.282. The van der Waals surface area contributed by atoms with Crippen LogP contribution in [0.1, 0.15) is 20.8 Å². The van der Waals surface area contributed by atoms with Crippen LogP contribution in [-0.2, 0) is 23.1 Å². The summed E-state index contributed by atoms with van der Waals surface area (Å²) in [5.41, 5.74) is -5.08. The summed E-state index contributed by atoms with van der Waals surface area (Å²) in [6.07, 6.45) is -5.53. The van der Waals surface area contributed by atoms with Crippen LogP contribution in [0.25, 0.3) is 0 Å². The SMILES string of the molecule is CCOP(F)(OCC)(OCC)C(F)=C(C(=O)OC)C(F)(F)F. The summed E-state index contributed by atoms with van der Waals surface area (Å²) in [7, 11) is -5.86. The minimum absolute atomic E-state index is 0.548. The standard InChI is InChI=1S/C11H18F5O5P/c1-5-19-22(16,20-6-2,21-7-3)9(12)8(10(17)18-4)11(13,14)15/h5-7H2,1-4H3. The van der Waals surface area contributed by atoms with Gasteiger partial charge < -0.3 is 0 Å². The summed E-state index contributed by atoms with van der Waals surface area (Å²) >= 11 is 0. The minimum atomic E-state index is -6.45. The number of alkyl halides is 3. The number of carbonyl (C=O) groups is 1. The van der Waals surface area contributed by atoms with E-state index in [-0.39, 0.29) is 0 Å². The summed E-state index contributed by atoms with van der Waals surface area (Å²) in [6, 6.07) is 0. The van der Waals surface area contributed by atoms with Gasteiger partial charge in [0.2, 0.25) is 0 Å². The monoisotopic (exact) mass is 356 g/mol. The number of hydrogen-bond donors (Lipinski definition) is 0. The van der Waals surface area contributed by atoms with Gasteiger partial charge >= 0.3 is 123 Å². The van der Waals surface area contributed by atoms with Gasteiger partial charge in [-0.25, -0.2) is 0 Å². The average Bonchev–Trinajstić information content (AvgIpc) is 2.37. The molecule has 0 aliphatic carbocycles. The fourth-order valence-electron chi connectivity index (χ4n) is 1.54. The van der Waals surface area contributed by atoms with Gasteiger partial charge in [0.25, 0.3) is 0 Å². The first-order chi connectivity index (χ1) is 10.0. The normalized spacial score (nSPS) is 15.8. The Balaban J connectivity index is 6.51. The van der Waals surface area contributed by atoms with E-state index in [0.29, 0.717) is 7.11 Å². The molecular formula is C11H18F5O5P. The second-order valence-corrected chi connectivity index (χ2v) is 6.44. The van der Waals surface area contributed by atoms with Gasteiger partial charge in [-0.2, -0.15) is 0 Å². The van der Waals surface area contributed by atoms with E-state index >= 15 is 4.20 Å². The number of esters is 1. The van der Waals surface area contributed by atoms with Gasteiger partial charge in [0.15, 0.2) is 0 Å². The maximum atomic E-state index is 15.2. The second-order valence-electron chi connectivity index (χ2n) is 3.70. The molecule has 0 saturated carbocycles. The Kier molecular flexibility index (Phi) is 7.34. The van der Waals surface area contributed by atoms with Gasteiger partial charge in [0.1, 0.15) is 0 Å². The van der Waals surface area contributed by atoms with Crippen molar-refractivity contribution >= 4 is 13.6 Å². The average molecular weight is 356 g/mol. The van der Waals surface area contributed by atoms with Gasteiger partial charge in [-0.1, -0.05) is 0 Å². The van der Waals surface area contributed by atoms with Crippen molar-refractivity contribution in [3.63, 3.8) is 0 Å². The van der Waals surface area contributed by atoms with Crippen molar-refractivity contribution in [1.82, 2.24) is 0 Å². The van der Waals surface area contributed by atoms with E-state index < -0.39 is 50.7 Å². The molecule has 0 aromatic rings. The van der Waals surface area contributed by atoms with Crippen molar-refractivity contribution in [1.29, 1.82) is 0 Å². The van der Waals surface area contributed by atoms with Crippen LogP contribution in [0.15, 0.2) is 11.1 Å². The van der Waals surface area contributed by atoms with Crippen LogP contribution in [0.2, 0.25) is 0 Å². The van der Waals surface area contributed by atoms with E-state index in [4.69, 9.17) is 0 Å². The fraction of sp³-hybridized carbons (Fsp3) is 0.727. The Morgan fingerprint density at radius 1 is 1.00 bits per heavy atom. The van der Waals surface area contributed by atoms with Gasteiger partial charge in [-0.15, -0.1) is 0 Å². The van der Waals surface area contributed by atoms with Crippen molar-refractivity contribution in [2.45, 2.75) is 26.9 Å². The Morgan fingerprint density at radius 2 is 1.36 bits per heavy atom. The molecule has 0 amide bonds. The predicted octanol–water partition coefficient (Wildman–Crippen LogP) is 4.20. The Labute approximate surface area is 124 Å². The van der Waals surface area contributed by atoms with E-state index in [1.54, 1.807) is 0 Å². The van der Waals surface area contributed by atoms with E-state index in [0.717, 1.165) is 0 Å². The molecule has 0 aliphatic heterocycles. The van der Waals surface area contributed by atoms with Crippen LogP contribution in [0.5, 0.6) is 0 Å². The first kappa shape index (κ1) is 21.2. The van der Waals surface area contributed by atoms with Gasteiger partial charge in [-0.05, 0) is 0 Å². The molecular weight excluding hydrogens is 338 g/mol. The molecule has 0 heterocycles. The molecule has 0 fully saturated rings. The Bertz CT molecular complexity index is 417. The zero-order chi connectivity index (χ0) is 17.6. The topological polar surface area (TPSA) is 54.0 Å². The molecule has 0 spiro atoms. The van der Waals surface area contributed by atoms with E-state index in [1.807, 2.05) is 0 Å². The van der Waals surface area contributed by atoms with Crippen molar-refractivity contribution in [3.8, 4) is 0 Å². The number of halogens is 5. The molecule has 0 aromatic carbocycles. The van der Waals surface area contributed by atoms with Gasteiger partial charge in [-0.3, -0.25) is 0 Å². The van der Waals surface area contributed by atoms with E-state index in [9.17, 15) is 22.4 Å². The van der Waals surface area contributed by atoms with Crippen molar-refractivity contribution in [2.24, 2.45) is 0 Å². The molecule has 0 bridgehead atoms. The molecule has 0 radical (unpaired) electrons. The second kappa shape index (κ2) is 7.63. The van der Waals surface area contributed by atoms with Crippen LogP contribution in [0.4, 0.5) is 21.8 Å². The zero-order valence-corrected chi connectivity index (χ0v) is 13.4. The van der Waals surface area contributed by atoms with Crippen LogP contribution >= 0.6 is 7.59 Å². The van der Waals surface area contributed by atoms with E-state index in [1.165, 1.54) is 20.8 Å². The summed E-state index contributed by atoms with van der Waals surface area (Å²) in [4.78, 5) is 11.2.